The Hall–Kier alpha value is -1.82. The fraction of sp³-hybridized carbons (Fsp3) is 0.571. The van der Waals surface area contributed by atoms with E-state index in [1.165, 1.54) is 13.2 Å². The lowest BCUT2D eigenvalue weighted by atomic mass is 10.2. The molecule has 0 heterocycles. The van der Waals surface area contributed by atoms with Gasteiger partial charge in [-0.3, -0.25) is 10.1 Å². The van der Waals surface area contributed by atoms with Crippen LogP contribution in [0.25, 0.3) is 0 Å². The third-order valence-electron chi connectivity index (χ3n) is 2.76. The zero-order chi connectivity index (χ0) is 15.1. The number of methoxy groups -OCH3 is 1. The zero-order valence-corrected chi connectivity index (χ0v) is 12.4. The quantitative estimate of drug-likeness (QED) is 0.586. The third kappa shape index (κ3) is 5.05. The van der Waals surface area contributed by atoms with Gasteiger partial charge in [-0.1, -0.05) is 20.8 Å². The van der Waals surface area contributed by atoms with Gasteiger partial charge < -0.3 is 14.8 Å². The summed E-state index contributed by atoms with van der Waals surface area (Å²) in [6.45, 7) is 7.38. The zero-order valence-electron chi connectivity index (χ0n) is 12.4. The van der Waals surface area contributed by atoms with E-state index in [-0.39, 0.29) is 17.4 Å². The number of benzene rings is 1. The van der Waals surface area contributed by atoms with E-state index in [0.29, 0.717) is 18.4 Å². The Morgan fingerprint density at radius 3 is 2.60 bits per heavy atom. The maximum atomic E-state index is 11.0. The molecule has 0 saturated carbocycles. The summed E-state index contributed by atoms with van der Waals surface area (Å²) in [4.78, 5) is 10.5. The summed E-state index contributed by atoms with van der Waals surface area (Å²) in [6, 6.07) is 4.89. The summed E-state index contributed by atoms with van der Waals surface area (Å²) < 4.78 is 10.6. The number of ether oxygens (including phenoxy) is 2. The van der Waals surface area contributed by atoms with Crippen LogP contribution in [0.1, 0.15) is 20.8 Å². The van der Waals surface area contributed by atoms with Crippen molar-refractivity contribution in [1.82, 2.24) is 5.32 Å². The lowest BCUT2D eigenvalue weighted by Gasteiger charge is -2.16. The van der Waals surface area contributed by atoms with Crippen molar-refractivity contribution in [3.63, 3.8) is 0 Å². The molecular weight excluding hydrogens is 260 g/mol. The largest absolute Gasteiger partial charge is 0.497 e. The van der Waals surface area contributed by atoms with Gasteiger partial charge in [-0.05, 0) is 6.07 Å². The van der Waals surface area contributed by atoms with E-state index in [1.807, 2.05) is 6.92 Å². The summed E-state index contributed by atoms with van der Waals surface area (Å²) in [5.74, 6) is 1.03. The van der Waals surface area contributed by atoms with Crippen LogP contribution in [0.4, 0.5) is 5.69 Å². The summed E-state index contributed by atoms with van der Waals surface area (Å²) in [7, 11) is 1.51. The second-order valence-corrected chi connectivity index (χ2v) is 5.07. The van der Waals surface area contributed by atoms with Crippen LogP contribution in [0.3, 0.4) is 0 Å². The molecule has 0 aromatic heterocycles. The normalized spacial score (nSPS) is 12.2. The number of nitrogens with one attached hydrogen (secondary N) is 1. The molecule has 0 radical (unpaired) electrons. The predicted octanol–water partition coefficient (Wildman–Crippen LogP) is 2.62. The van der Waals surface area contributed by atoms with Gasteiger partial charge in [0.25, 0.3) is 0 Å². The van der Waals surface area contributed by atoms with Crippen LogP contribution in [0, 0.1) is 16.0 Å². The maximum absolute atomic E-state index is 11.0. The first-order chi connectivity index (χ1) is 9.43. The molecule has 1 atom stereocenters. The third-order valence-corrected chi connectivity index (χ3v) is 2.76. The minimum absolute atomic E-state index is 0.0465. The molecule has 6 nitrogen and oxygen atoms in total. The van der Waals surface area contributed by atoms with Crippen molar-refractivity contribution < 1.29 is 14.4 Å². The number of hydrogen-bond acceptors (Lipinski definition) is 5. The Bertz CT molecular complexity index is 449. The number of nitrogens with zero attached hydrogens (tertiary/aromatic N) is 1. The smallest absolute Gasteiger partial charge is 0.311 e. The highest BCUT2D eigenvalue weighted by Crippen LogP contribution is 2.31. The molecule has 6 heteroatoms. The molecule has 0 fully saturated rings. The van der Waals surface area contributed by atoms with E-state index in [1.54, 1.807) is 12.1 Å². The van der Waals surface area contributed by atoms with E-state index in [9.17, 15) is 10.1 Å². The summed E-state index contributed by atoms with van der Waals surface area (Å²) in [6.07, 6.45) is 0. The molecule has 0 aliphatic rings. The highest BCUT2D eigenvalue weighted by atomic mass is 16.6. The Morgan fingerprint density at radius 2 is 2.05 bits per heavy atom. The number of hydrogen-bond donors (Lipinski definition) is 1. The molecule has 1 unspecified atom stereocenters. The minimum atomic E-state index is -0.453. The summed E-state index contributed by atoms with van der Waals surface area (Å²) in [5, 5.41) is 14.3. The molecule has 1 rings (SSSR count). The lowest BCUT2D eigenvalue weighted by Crippen LogP contribution is -2.30. The van der Waals surface area contributed by atoms with Crippen molar-refractivity contribution in [1.29, 1.82) is 0 Å². The predicted molar refractivity (Wildman–Crippen MR) is 77.4 cm³/mol. The van der Waals surface area contributed by atoms with Crippen molar-refractivity contribution in [2.75, 3.05) is 20.3 Å². The first-order valence-electron chi connectivity index (χ1n) is 6.62. The van der Waals surface area contributed by atoms with E-state index < -0.39 is 4.92 Å². The van der Waals surface area contributed by atoms with Crippen molar-refractivity contribution >= 4 is 5.69 Å². The van der Waals surface area contributed by atoms with E-state index in [4.69, 9.17) is 9.47 Å². The number of nitro groups is 1. The number of rotatable bonds is 8. The summed E-state index contributed by atoms with van der Waals surface area (Å²) >= 11 is 0. The van der Waals surface area contributed by atoms with Crippen LogP contribution in [0.15, 0.2) is 18.2 Å². The molecule has 1 N–H and O–H groups in total. The Morgan fingerprint density at radius 1 is 1.35 bits per heavy atom. The van der Waals surface area contributed by atoms with E-state index >= 15 is 0 Å². The average Bonchev–Trinajstić information content (AvgIpc) is 2.42. The molecule has 20 heavy (non-hydrogen) atoms. The minimum Gasteiger partial charge on any atom is -0.497 e. The van der Waals surface area contributed by atoms with Gasteiger partial charge in [0.1, 0.15) is 5.75 Å². The molecule has 1 aromatic carbocycles. The topological polar surface area (TPSA) is 73.6 Å². The van der Waals surface area contributed by atoms with Crippen molar-refractivity contribution in [3.8, 4) is 11.5 Å². The Labute approximate surface area is 119 Å². The highest BCUT2D eigenvalue weighted by Gasteiger charge is 2.17. The van der Waals surface area contributed by atoms with Gasteiger partial charge in [-0.15, -0.1) is 0 Å². The monoisotopic (exact) mass is 282 g/mol. The molecular formula is C14H22N2O4. The second kappa shape index (κ2) is 7.69. The van der Waals surface area contributed by atoms with Gasteiger partial charge in [-0.25, -0.2) is 0 Å². The maximum Gasteiger partial charge on any atom is 0.311 e. The van der Waals surface area contributed by atoms with Crippen LogP contribution >= 0.6 is 0 Å². The molecule has 0 bridgehead atoms. The highest BCUT2D eigenvalue weighted by molar-refractivity contribution is 5.50. The van der Waals surface area contributed by atoms with Gasteiger partial charge in [0.2, 0.25) is 5.75 Å². The van der Waals surface area contributed by atoms with Crippen LogP contribution in [0.2, 0.25) is 0 Å². The number of nitro benzene ring substituents is 1. The second-order valence-electron chi connectivity index (χ2n) is 5.07. The van der Waals surface area contributed by atoms with Crippen molar-refractivity contribution in [2.45, 2.75) is 26.8 Å². The summed E-state index contributed by atoms with van der Waals surface area (Å²) in [5.41, 5.74) is -0.0465. The standard InChI is InChI=1S/C14H22N2O4/c1-10(2)15-8-11(3)9-20-14-7-12(19-4)5-6-13(14)16(17)18/h5-7,10-11,15H,8-9H2,1-4H3. The fourth-order valence-electron chi connectivity index (χ4n) is 1.62. The first-order valence-corrected chi connectivity index (χ1v) is 6.62. The van der Waals surface area contributed by atoms with Crippen LogP contribution in [-0.4, -0.2) is 31.2 Å². The van der Waals surface area contributed by atoms with Crippen molar-refractivity contribution in [3.05, 3.63) is 28.3 Å². The SMILES string of the molecule is COc1ccc([N+](=O)[O-])c(OCC(C)CNC(C)C)c1. The lowest BCUT2D eigenvalue weighted by molar-refractivity contribution is -0.385. The van der Waals surface area contributed by atoms with Gasteiger partial charge >= 0.3 is 5.69 Å². The van der Waals surface area contributed by atoms with Gasteiger partial charge in [0.05, 0.1) is 18.6 Å². The molecule has 0 spiro atoms. The van der Waals surface area contributed by atoms with E-state index in [0.717, 1.165) is 6.54 Å². The first kappa shape index (κ1) is 16.2. The van der Waals surface area contributed by atoms with Crippen LogP contribution in [0.5, 0.6) is 11.5 Å². The van der Waals surface area contributed by atoms with Gasteiger partial charge in [-0.2, -0.15) is 0 Å². The molecule has 0 amide bonds. The van der Waals surface area contributed by atoms with Gasteiger partial charge in [0.15, 0.2) is 0 Å². The molecule has 1 aromatic rings. The molecule has 112 valence electrons. The Kier molecular flexibility index (Phi) is 6.24. The van der Waals surface area contributed by atoms with E-state index in [2.05, 4.69) is 19.2 Å². The van der Waals surface area contributed by atoms with Crippen molar-refractivity contribution in [2.24, 2.45) is 5.92 Å². The Balaban J connectivity index is 2.67. The average molecular weight is 282 g/mol. The molecule has 0 aliphatic carbocycles. The van der Waals surface area contributed by atoms with Crippen LogP contribution < -0.4 is 14.8 Å². The molecule has 0 saturated heterocycles. The molecule has 0 aliphatic heterocycles. The van der Waals surface area contributed by atoms with Gasteiger partial charge in [0, 0.05) is 30.6 Å². The van der Waals surface area contributed by atoms with Crippen LogP contribution in [-0.2, 0) is 0 Å². The fourth-order valence-corrected chi connectivity index (χ4v) is 1.62.